The standard InChI is InChI=1S/C12H11Br2N3O2/c1-18-11-9(14)6-16-12(17-11)19-10-3-2-8(13)4-7(10)5-15/h2-4,6H,5,15H2,1H3. The van der Waals surface area contributed by atoms with Crippen LogP contribution in [0.4, 0.5) is 0 Å². The molecule has 7 heteroatoms. The molecular formula is C12H11Br2N3O2. The fourth-order valence-electron chi connectivity index (χ4n) is 1.43. The lowest BCUT2D eigenvalue weighted by molar-refractivity contribution is 0.372. The molecule has 100 valence electrons. The SMILES string of the molecule is COc1nc(Oc2ccc(Br)cc2CN)ncc1Br. The van der Waals surface area contributed by atoms with Crippen molar-refractivity contribution < 1.29 is 9.47 Å². The third-order valence-corrected chi connectivity index (χ3v) is 3.36. The van der Waals surface area contributed by atoms with E-state index in [1.807, 2.05) is 18.2 Å². The van der Waals surface area contributed by atoms with Crippen LogP contribution in [0.15, 0.2) is 33.3 Å². The highest BCUT2D eigenvalue weighted by atomic mass is 79.9. The zero-order valence-corrected chi connectivity index (χ0v) is 13.2. The number of methoxy groups -OCH3 is 1. The molecule has 0 radical (unpaired) electrons. The second-order valence-electron chi connectivity index (χ2n) is 3.57. The monoisotopic (exact) mass is 387 g/mol. The van der Waals surface area contributed by atoms with Crippen molar-refractivity contribution in [2.75, 3.05) is 7.11 Å². The molecule has 0 aliphatic carbocycles. The van der Waals surface area contributed by atoms with Crippen molar-refractivity contribution >= 4 is 31.9 Å². The molecule has 0 fully saturated rings. The molecule has 1 aromatic carbocycles. The van der Waals surface area contributed by atoms with Crippen molar-refractivity contribution in [3.8, 4) is 17.6 Å². The molecule has 0 bridgehead atoms. The lowest BCUT2D eigenvalue weighted by atomic mass is 10.2. The van der Waals surface area contributed by atoms with E-state index in [2.05, 4.69) is 41.8 Å². The Morgan fingerprint density at radius 2 is 2.11 bits per heavy atom. The highest BCUT2D eigenvalue weighted by Crippen LogP contribution is 2.28. The van der Waals surface area contributed by atoms with Crippen LogP contribution in [0.2, 0.25) is 0 Å². The highest BCUT2D eigenvalue weighted by Gasteiger charge is 2.09. The van der Waals surface area contributed by atoms with Crippen LogP contribution < -0.4 is 15.2 Å². The second kappa shape index (κ2) is 6.31. The summed E-state index contributed by atoms with van der Waals surface area (Å²) in [6, 6.07) is 5.78. The largest absolute Gasteiger partial charge is 0.480 e. The summed E-state index contributed by atoms with van der Waals surface area (Å²) in [7, 11) is 1.53. The maximum atomic E-state index is 5.68. The Labute approximate surface area is 127 Å². The van der Waals surface area contributed by atoms with E-state index >= 15 is 0 Å². The Bertz CT molecular complexity index is 593. The van der Waals surface area contributed by atoms with Crippen molar-refractivity contribution in [2.45, 2.75) is 6.54 Å². The number of rotatable bonds is 4. The molecule has 0 atom stereocenters. The topological polar surface area (TPSA) is 70.3 Å². The van der Waals surface area contributed by atoms with E-state index in [9.17, 15) is 0 Å². The van der Waals surface area contributed by atoms with Gasteiger partial charge in [-0.3, -0.25) is 0 Å². The van der Waals surface area contributed by atoms with Gasteiger partial charge >= 0.3 is 6.01 Å². The first-order valence-corrected chi connectivity index (χ1v) is 6.95. The zero-order chi connectivity index (χ0) is 13.8. The third kappa shape index (κ3) is 3.43. The summed E-state index contributed by atoms with van der Waals surface area (Å²) in [5, 5.41) is 0. The van der Waals surface area contributed by atoms with Gasteiger partial charge < -0.3 is 15.2 Å². The molecule has 0 unspecified atom stereocenters. The fourth-order valence-corrected chi connectivity index (χ4v) is 2.20. The smallest absolute Gasteiger partial charge is 0.325 e. The van der Waals surface area contributed by atoms with Gasteiger partial charge in [0.1, 0.15) is 5.75 Å². The van der Waals surface area contributed by atoms with Gasteiger partial charge in [0.2, 0.25) is 5.88 Å². The average Bonchev–Trinajstić information content (AvgIpc) is 2.42. The zero-order valence-electron chi connectivity index (χ0n) is 10.1. The average molecular weight is 389 g/mol. The number of hydrogen-bond acceptors (Lipinski definition) is 5. The first-order valence-electron chi connectivity index (χ1n) is 5.37. The Balaban J connectivity index is 2.30. The van der Waals surface area contributed by atoms with Gasteiger partial charge in [0, 0.05) is 16.6 Å². The number of nitrogens with two attached hydrogens (primary N) is 1. The van der Waals surface area contributed by atoms with E-state index in [1.54, 1.807) is 6.20 Å². The molecule has 0 aliphatic heterocycles. The number of ether oxygens (including phenoxy) is 2. The lowest BCUT2D eigenvalue weighted by Crippen LogP contribution is -2.01. The van der Waals surface area contributed by atoms with Crippen molar-refractivity contribution in [3.63, 3.8) is 0 Å². The van der Waals surface area contributed by atoms with Gasteiger partial charge in [0.15, 0.2) is 0 Å². The van der Waals surface area contributed by atoms with Crippen molar-refractivity contribution in [2.24, 2.45) is 5.73 Å². The van der Waals surface area contributed by atoms with E-state index in [0.29, 0.717) is 22.6 Å². The predicted molar refractivity (Wildman–Crippen MR) is 78.4 cm³/mol. The number of aromatic nitrogens is 2. The summed E-state index contributed by atoms with van der Waals surface area (Å²) < 4.78 is 12.3. The first-order chi connectivity index (χ1) is 9.13. The van der Waals surface area contributed by atoms with Gasteiger partial charge in [-0.05, 0) is 34.1 Å². The van der Waals surface area contributed by atoms with Crippen molar-refractivity contribution in [3.05, 3.63) is 38.9 Å². The molecule has 0 aliphatic rings. The van der Waals surface area contributed by atoms with Crippen LogP contribution in [0.1, 0.15) is 5.56 Å². The predicted octanol–water partition coefficient (Wildman–Crippen LogP) is 3.26. The molecule has 19 heavy (non-hydrogen) atoms. The molecule has 5 nitrogen and oxygen atoms in total. The van der Waals surface area contributed by atoms with E-state index in [-0.39, 0.29) is 6.01 Å². The lowest BCUT2D eigenvalue weighted by Gasteiger charge is -2.10. The number of hydrogen-bond donors (Lipinski definition) is 1. The Morgan fingerprint density at radius 3 is 2.79 bits per heavy atom. The van der Waals surface area contributed by atoms with Crippen LogP contribution in [-0.4, -0.2) is 17.1 Å². The van der Waals surface area contributed by atoms with Crippen molar-refractivity contribution in [1.82, 2.24) is 9.97 Å². The van der Waals surface area contributed by atoms with Gasteiger partial charge in [0.25, 0.3) is 0 Å². The minimum absolute atomic E-state index is 0.206. The molecule has 2 aromatic rings. The summed E-state index contributed by atoms with van der Waals surface area (Å²) in [4.78, 5) is 8.20. The van der Waals surface area contributed by atoms with Gasteiger partial charge in [-0.1, -0.05) is 15.9 Å². The number of nitrogens with zero attached hydrogens (tertiary/aromatic N) is 2. The highest BCUT2D eigenvalue weighted by molar-refractivity contribution is 9.10. The van der Waals surface area contributed by atoms with Crippen LogP contribution in [0.25, 0.3) is 0 Å². The summed E-state index contributed by atoms with van der Waals surface area (Å²) in [5.41, 5.74) is 6.54. The van der Waals surface area contributed by atoms with Gasteiger partial charge in [-0.25, -0.2) is 4.98 Å². The maximum absolute atomic E-state index is 5.68. The van der Waals surface area contributed by atoms with E-state index in [1.165, 1.54) is 7.11 Å². The summed E-state index contributed by atoms with van der Waals surface area (Å²) in [6.07, 6.45) is 1.57. The third-order valence-electron chi connectivity index (χ3n) is 2.33. The number of benzene rings is 1. The molecule has 0 spiro atoms. The first kappa shape index (κ1) is 14.2. The number of halogens is 2. The van der Waals surface area contributed by atoms with Gasteiger partial charge in [0.05, 0.1) is 17.8 Å². The van der Waals surface area contributed by atoms with Crippen LogP contribution >= 0.6 is 31.9 Å². The minimum Gasteiger partial charge on any atom is -0.480 e. The van der Waals surface area contributed by atoms with Gasteiger partial charge in [-0.2, -0.15) is 4.98 Å². The second-order valence-corrected chi connectivity index (χ2v) is 5.34. The summed E-state index contributed by atoms with van der Waals surface area (Å²) in [6.45, 7) is 0.364. The molecule has 2 N–H and O–H groups in total. The Hall–Kier alpha value is -1.18. The normalized spacial score (nSPS) is 10.3. The molecular weight excluding hydrogens is 378 g/mol. The minimum atomic E-state index is 0.206. The molecule has 0 saturated heterocycles. The quantitative estimate of drug-likeness (QED) is 0.870. The van der Waals surface area contributed by atoms with Crippen LogP contribution in [0.3, 0.4) is 0 Å². The summed E-state index contributed by atoms with van der Waals surface area (Å²) in [5.74, 6) is 1.03. The molecule has 0 saturated carbocycles. The molecule has 1 aromatic heterocycles. The van der Waals surface area contributed by atoms with Crippen molar-refractivity contribution in [1.29, 1.82) is 0 Å². The van der Waals surface area contributed by atoms with Gasteiger partial charge in [-0.15, -0.1) is 0 Å². The Kier molecular flexibility index (Phi) is 4.73. The summed E-state index contributed by atoms with van der Waals surface area (Å²) >= 11 is 6.67. The fraction of sp³-hybridized carbons (Fsp3) is 0.167. The molecule has 1 heterocycles. The molecule has 0 amide bonds. The van der Waals surface area contributed by atoms with E-state index < -0.39 is 0 Å². The van der Waals surface area contributed by atoms with Crippen LogP contribution in [0.5, 0.6) is 17.6 Å². The van der Waals surface area contributed by atoms with E-state index in [4.69, 9.17) is 15.2 Å². The Morgan fingerprint density at radius 1 is 1.32 bits per heavy atom. The van der Waals surface area contributed by atoms with E-state index in [0.717, 1.165) is 10.0 Å². The van der Waals surface area contributed by atoms with Crippen LogP contribution in [-0.2, 0) is 6.54 Å². The maximum Gasteiger partial charge on any atom is 0.325 e. The molecule has 2 rings (SSSR count). The van der Waals surface area contributed by atoms with Crippen LogP contribution in [0, 0.1) is 0 Å².